The normalized spacial score (nSPS) is 15.1. The van der Waals surface area contributed by atoms with E-state index in [4.69, 9.17) is 19.4 Å². The van der Waals surface area contributed by atoms with Crippen LogP contribution >= 0.6 is 0 Å². The van der Waals surface area contributed by atoms with Crippen LogP contribution < -0.4 is 0 Å². The summed E-state index contributed by atoms with van der Waals surface area (Å²) < 4.78 is 9.15. The number of nitrogens with zero attached hydrogens (tertiary/aromatic N) is 4. The first-order valence-corrected chi connectivity index (χ1v) is 19.3. The van der Waals surface area contributed by atoms with Crippen molar-refractivity contribution in [3.8, 4) is 39.9 Å². The molecule has 11 rings (SSSR count). The molecule has 0 N–H and O–H groups in total. The van der Waals surface area contributed by atoms with E-state index in [9.17, 15) is 0 Å². The van der Waals surface area contributed by atoms with Crippen LogP contribution in [-0.4, -0.2) is 19.5 Å². The Morgan fingerprint density at radius 2 is 1.27 bits per heavy atom. The lowest BCUT2D eigenvalue weighted by Crippen LogP contribution is -2.00. The van der Waals surface area contributed by atoms with Gasteiger partial charge < -0.3 is 8.98 Å². The number of hydrogen-bond acceptors (Lipinski definition) is 4. The standard InChI is InChI=1S/C51H36N4O/c1-4-14-33(15-5-1)36-20-12-21-39(30-36)55-45-25-11-10-22-40(45)43-31-37(26-28-46(43)55)38-27-29-47-44(32-38)41-23-13-24-42(48(41)56-47)51-53-49(34-16-6-2-7-17-34)52-50(54-51)35-18-8-3-9-19-35/h1-14,16-26,28,30-33H,15,27,29H2. The molecule has 9 aromatic rings. The highest BCUT2D eigenvalue weighted by atomic mass is 16.3. The molecule has 3 heterocycles. The number of furan rings is 1. The molecule has 2 aliphatic carbocycles. The Balaban J connectivity index is 1.01. The quantitative estimate of drug-likeness (QED) is 0.172. The molecule has 3 aromatic heterocycles. The molecule has 56 heavy (non-hydrogen) atoms. The summed E-state index contributed by atoms with van der Waals surface area (Å²) in [4.78, 5) is 14.9. The number of benzene rings is 6. The van der Waals surface area contributed by atoms with Gasteiger partial charge in [0, 0.05) is 50.9 Å². The Hall–Kier alpha value is -7.11. The number of rotatable bonds is 6. The van der Waals surface area contributed by atoms with E-state index in [0.717, 1.165) is 58.2 Å². The van der Waals surface area contributed by atoms with Crippen LogP contribution in [0.15, 0.2) is 174 Å². The number of allylic oxidation sites excluding steroid dienone is 5. The second-order valence-electron chi connectivity index (χ2n) is 14.7. The zero-order chi connectivity index (χ0) is 37.0. The molecule has 0 bridgehead atoms. The maximum atomic E-state index is 6.73. The molecule has 1 atom stereocenters. The van der Waals surface area contributed by atoms with Crippen LogP contribution in [0, 0.1) is 0 Å². The van der Waals surface area contributed by atoms with Gasteiger partial charge in [0.2, 0.25) is 0 Å². The smallest absolute Gasteiger partial charge is 0.167 e. The fourth-order valence-corrected chi connectivity index (χ4v) is 8.53. The molecule has 1 unspecified atom stereocenters. The van der Waals surface area contributed by atoms with Gasteiger partial charge in [-0.05, 0) is 72.0 Å². The van der Waals surface area contributed by atoms with Crippen LogP contribution in [0.5, 0.6) is 0 Å². The van der Waals surface area contributed by atoms with Crippen LogP contribution in [0.4, 0.5) is 0 Å². The van der Waals surface area contributed by atoms with Gasteiger partial charge in [-0.15, -0.1) is 0 Å². The summed E-state index contributed by atoms with van der Waals surface area (Å²) in [7, 11) is 0. The van der Waals surface area contributed by atoms with Crippen molar-refractivity contribution in [1.82, 2.24) is 19.5 Å². The zero-order valence-corrected chi connectivity index (χ0v) is 30.6. The third-order valence-electron chi connectivity index (χ3n) is 11.3. The molecule has 2 aliphatic rings. The van der Waals surface area contributed by atoms with E-state index in [1.165, 1.54) is 44.2 Å². The summed E-state index contributed by atoms with van der Waals surface area (Å²) in [6, 6.07) is 51.3. The predicted octanol–water partition coefficient (Wildman–Crippen LogP) is 12.8. The van der Waals surface area contributed by atoms with Crippen LogP contribution in [0.3, 0.4) is 0 Å². The lowest BCUT2D eigenvalue weighted by Gasteiger charge is -2.16. The van der Waals surface area contributed by atoms with E-state index in [1.807, 2.05) is 60.7 Å². The molecule has 0 fully saturated rings. The predicted molar refractivity (Wildman–Crippen MR) is 229 cm³/mol. The second kappa shape index (κ2) is 13.3. The average Bonchev–Trinajstić information content (AvgIpc) is 3.82. The summed E-state index contributed by atoms with van der Waals surface area (Å²) in [5.41, 5.74) is 12.2. The first kappa shape index (κ1) is 32.3. The van der Waals surface area contributed by atoms with Crippen molar-refractivity contribution in [2.75, 3.05) is 0 Å². The van der Waals surface area contributed by atoms with E-state index < -0.39 is 0 Å². The maximum absolute atomic E-state index is 6.73. The minimum Gasteiger partial charge on any atom is -0.460 e. The van der Waals surface area contributed by atoms with Gasteiger partial charge in [0.1, 0.15) is 11.3 Å². The molecule has 0 amide bonds. The molecule has 0 saturated heterocycles. The fourth-order valence-electron chi connectivity index (χ4n) is 8.53. The first-order valence-electron chi connectivity index (χ1n) is 19.3. The lowest BCUT2D eigenvalue weighted by atomic mass is 9.90. The summed E-state index contributed by atoms with van der Waals surface area (Å²) in [6.07, 6.45) is 13.9. The number of aryl methyl sites for hydroxylation is 1. The molecule has 266 valence electrons. The topological polar surface area (TPSA) is 56.7 Å². The number of aromatic nitrogens is 4. The molecule has 0 radical (unpaired) electrons. The monoisotopic (exact) mass is 720 g/mol. The molecule has 0 spiro atoms. The highest BCUT2D eigenvalue weighted by Gasteiger charge is 2.24. The summed E-state index contributed by atoms with van der Waals surface area (Å²) in [5, 5.41) is 3.58. The van der Waals surface area contributed by atoms with Crippen molar-refractivity contribution in [1.29, 1.82) is 0 Å². The van der Waals surface area contributed by atoms with Gasteiger partial charge in [-0.3, -0.25) is 0 Å². The Bertz CT molecular complexity index is 3000. The van der Waals surface area contributed by atoms with Crippen LogP contribution in [0.25, 0.3) is 84.3 Å². The second-order valence-corrected chi connectivity index (χ2v) is 14.7. The van der Waals surface area contributed by atoms with Gasteiger partial charge in [0.15, 0.2) is 17.5 Å². The largest absolute Gasteiger partial charge is 0.460 e. The zero-order valence-electron chi connectivity index (χ0n) is 30.6. The average molecular weight is 721 g/mol. The number of para-hydroxylation sites is 2. The SMILES string of the molecule is C1=CCC(c2cccc(-n3c4ccccc4c4cc(C5=Cc6c(oc7c(-c8nc(-c9ccccc9)nc(-c9ccccc9)n8)cccc67)CC5)ccc43)c2)C=C1. The molecule has 0 saturated carbocycles. The van der Waals surface area contributed by atoms with Crippen LogP contribution in [-0.2, 0) is 6.42 Å². The molecule has 5 heteroatoms. The molecule has 0 aliphatic heterocycles. The Labute approximate surface area is 324 Å². The highest BCUT2D eigenvalue weighted by Crippen LogP contribution is 2.42. The van der Waals surface area contributed by atoms with Crippen LogP contribution in [0.1, 0.15) is 41.2 Å². The first-order chi connectivity index (χ1) is 27.7. The van der Waals surface area contributed by atoms with E-state index >= 15 is 0 Å². The van der Waals surface area contributed by atoms with Crippen molar-refractivity contribution >= 4 is 44.4 Å². The third-order valence-corrected chi connectivity index (χ3v) is 11.3. The Kier molecular flexibility index (Phi) is 7.69. The molecular weight excluding hydrogens is 685 g/mol. The fraction of sp³-hybridized carbons (Fsp3) is 0.0784. The lowest BCUT2D eigenvalue weighted by molar-refractivity contribution is 0.548. The van der Waals surface area contributed by atoms with Gasteiger partial charge >= 0.3 is 0 Å². The minimum absolute atomic E-state index is 0.397. The summed E-state index contributed by atoms with van der Waals surface area (Å²) in [6.45, 7) is 0. The van der Waals surface area contributed by atoms with Gasteiger partial charge in [-0.25, -0.2) is 15.0 Å². The molecule has 5 nitrogen and oxygen atoms in total. The van der Waals surface area contributed by atoms with Crippen molar-refractivity contribution in [3.05, 3.63) is 192 Å². The third kappa shape index (κ3) is 5.51. The minimum atomic E-state index is 0.397. The van der Waals surface area contributed by atoms with Gasteiger partial charge in [-0.1, -0.05) is 133 Å². The van der Waals surface area contributed by atoms with Crippen molar-refractivity contribution in [2.45, 2.75) is 25.2 Å². The number of fused-ring (bicyclic) bond motifs is 6. The summed E-state index contributed by atoms with van der Waals surface area (Å²) in [5.74, 6) is 3.26. The highest BCUT2D eigenvalue weighted by molar-refractivity contribution is 6.11. The van der Waals surface area contributed by atoms with Gasteiger partial charge in [0.25, 0.3) is 0 Å². The Morgan fingerprint density at radius 3 is 2.05 bits per heavy atom. The van der Waals surface area contributed by atoms with E-state index in [1.54, 1.807) is 0 Å². The van der Waals surface area contributed by atoms with Crippen molar-refractivity contribution in [3.63, 3.8) is 0 Å². The maximum Gasteiger partial charge on any atom is 0.167 e. The van der Waals surface area contributed by atoms with Gasteiger partial charge in [0.05, 0.1) is 16.6 Å². The van der Waals surface area contributed by atoms with Crippen LogP contribution in [0.2, 0.25) is 0 Å². The van der Waals surface area contributed by atoms with Crippen molar-refractivity contribution < 1.29 is 4.42 Å². The van der Waals surface area contributed by atoms with E-state index in [0.29, 0.717) is 23.4 Å². The van der Waals surface area contributed by atoms with Gasteiger partial charge in [-0.2, -0.15) is 0 Å². The van der Waals surface area contributed by atoms with E-state index in [2.05, 4.69) is 120 Å². The van der Waals surface area contributed by atoms with Crippen molar-refractivity contribution in [2.24, 2.45) is 0 Å². The van der Waals surface area contributed by atoms with E-state index in [-0.39, 0.29) is 0 Å². The Morgan fingerprint density at radius 1 is 0.554 bits per heavy atom. The molecular formula is C51H36N4O. The number of hydrogen-bond donors (Lipinski definition) is 0. The molecule has 6 aromatic carbocycles. The summed E-state index contributed by atoms with van der Waals surface area (Å²) >= 11 is 0.